The minimum absolute atomic E-state index is 0.467. The van der Waals surface area contributed by atoms with Gasteiger partial charge in [-0.25, -0.2) is 0 Å². The van der Waals surface area contributed by atoms with Gasteiger partial charge in [-0.1, -0.05) is 11.2 Å². The van der Waals surface area contributed by atoms with E-state index in [9.17, 15) is 5.11 Å². The molecule has 1 N–H and O–H groups in total. The molecule has 1 heterocycles. The molecule has 0 radical (unpaired) electrons. The van der Waals surface area contributed by atoms with E-state index in [1.165, 1.54) is 0 Å². The smallest absolute Gasteiger partial charge is 0.165 e. The first-order valence-corrected chi connectivity index (χ1v) is 6.26. The number of nitrogens with zero attached hydrogens (tertiary/aromatic N) is 1. The van der Waals surface area contributed by atoms with Crippen LogP contribution in [0.25, 0.3) is 11.3 Å². The molecule has 0 amide bonds. The van der Waals surface area contributed by atoms with Crippen molar-refractivity contribution >= 4 is 31.9 Å². The van der Waals surface area contributed by atoms with Gasteiger partial charge in [-0.3, -0.25) is 0 Å². The van der Waals surface area contributed by atoms with E-state index in [-0.39, 0.29) is 0 Å². The number of hydrogen-bond donors (Lipinski definition) is 1. The lowest BCUT2D eigenvalue weighted by Gasteiger charge is -1.98. The van der Waals surface area contributed by atoms with Gasteiger partial charge in [0.25, 0.3) is 0 Å². The molecule has 2 aromatic rings. The minimum atomic E-state index is -0.639. The molecule has 1 aromatic heterocycles. The van der Waals surface area contributed by atoms with Crippen molar-refractivity contribution in [2.24, 2.45) is 0 Å². The van der Waals surface area contributed by atoms with Crippen molar-refractivity contribution < 1.29 is 9.63 Å². The zero-order chi connectivity index (χ0) is 11.7. The summed E-state index contributed by atoms with van der Waals surface area (Å²) in [6.07, 6.45) is -0.639. The lowest BCUT2D eigenvalue weighted by atomic mass is 10.1. The summed E-state index contributed by atoms with van der Waals surface area (Å²) in [6.45, 7) is 1.64. The second-order valence-electron chi connectivity index (χ2n) is 3.42. The SMILES string of the molecule is CC(O)c1cc(-c2ccc(Br)c(Br)c2)no1. The summed E-state index contributed by atoms with van der Waals surface area (Å²) in [7, 11) is 0. The maximum Gasteiger partial charge on any atom is 0.165 e. The molecule has 5 heteroatoms. The lowest BCUT2D eigenvalue weighted by molar-refractivity contribution is 0.158. The molecule has 84 valence electrons. The Kier molecular flexibility index (Phi) is 3.47. The van der Waals surface area contributed by atoms with Gasteiger partial charge >= 0.3 is 0 Å². The fourth-order valence-electron chi connectivity index (χ4n) is 1.28. The van der Waals surface area contributed by atoms with Gasteiger partial charge in [0, 0.05) is 20.6 Å². The number of aromatic nitrogens is 1. The van der Waals surface area contributed by atoms with Crippen LogP contribution in [0.2, 0.25) is 0 Å². The average molecular weight is 347 g/mol. The molecule has 3 nitrogen and oxygen atoms in total. The third-order valence-electron chi connectivity index (χ3n) is 2.16. The molecule has 1 unspecified atom stereocenters. The van der Waals surface area contributed by atoms with Crippen LogP contribution in [-0.4, -0.2) is 10.3 Å². The van der Waals surface area contributed by atoms with Crippen LogP contribution in [0, 0.1) is 0 Å². The highest BCUT2D eigenvalue weighted by Gasteiger charge is 2.11. The molecule has 0 saturated carbocycles. The molecule has 0 aliphatic heterocycles. The third kappa shape index (κ3) is 2.36. The summed E-state index contributed by atoms with van der Waals surface area (Å²) < 4.78 is 6.96. The van der Waals surface area contributed by atoms with Gasteiger partial charge in [-0.05, 0) is 50.9 Å². The van der Waals surface area contributed by atoms with E-state index in [4.69, 9.17) is 4.52 Å². The van der Waals surface area contributed by atoms with E-state index in [1.807, 2.05) is 18.2 Å². The molecule has 1 atom stereocenters. The van der Waals surface area contributed by atoms with Gasteiger partial charge in [-0.2, -0.15) is 0 Å². The normalized spacial score (nSPS) is 12.8. The Morgan fingerprint density at radius 1 is 1.25 bits per heavy atom. The zero-order valence-corrected chi connectivity index (χ0v) is 11.6. The van der Waals surface area contributed by atoms with Gasteiger partial charge in [-0.15, -0.1) is 0 Å². The maximum absolute atomic E-state index is 9.33. The Bertz CT molecular complexity index is 508. The largest absolute Gasteiger partial charge is 0.385 e. The molecule has 0 fully saturated rings. The predicted octanol–water partition coefficient (Wildman–Crippen LogP) is 3.92. The highest BCUT2D eigenvalue weighted by atomic mass is 79.9. The number of aliphatic hydroxyl groups excluding tert-OH is 1. The number of hydrogen-bond acceptors (Lipinski definition) is 3. The quantitative estimate of drug-likeness (QED) is 0.896. The number of aliphatic hydroxyl groups is 1. The standard InChI is InChI=1S/C11H9Br2NO2/c1-6(15)11-5-10(14-16-11)7-2-3-8(12)9(13)4-7/h2-6,15H,1H3. The summed E-state index contributed by atoms with van der Waals surface area (Å²) in [5.41, 5.74) is 1.65. The van der Waals surface area contributed by atoms with Crippen LogP contribution in [0.1, 0.15) is 18.8 Å². The van der Waals surface area contributed by atoms with E-state index in [0.29, 0.717) is 11.5 Å². The van der Waals surface area contributed by atoms with Crippen molar-refractivity contribution in [2.45, 2.75) is 13.0 Å². The van der Waals surface area contributed by atoms with Gasteiger partial charge in [0.1, 0.15) is 11.8 Å². The fraction of sp³-hybridized carbons (Fsp3) is 0.182. The first-order chi connectivity index (χ1) is 7.58. The number of rotatable bonds is 2. The van der Waals surface area contributed by atoms with E-state index < -0.39 is 6.10 Å². The number of halogens is 2. The Morgan fingerprint density at radius 2 is 2.00 bits per heavy atom. The zero-order valence-electron chi connectivity index (χ0n) is 8.45. The van der Waals surface area contributed by atoms with Crippen LogP contribution >= 0.6 is 31.9 Å². The van der Waals surface area contributed by atoms with Crippen LogP contribution in [-0.2, 0) is 0 Å². The fourth-order valence-corrected chi connectivity index (χ4v) is 1.90. The molecule has 0 spiro atoms. The van der Waals surface area contributed by atoms with Crippen LogP contribution in [0.4, 0.5) is 0 Å². The Hall–Kier alpha value is -0.650. The van der Waals surface area contributed by atoms with Crippen molar-refractivity contribution in [3.05, 3.63) is 39.0 Å². The van der Waals surface area contributed by atoms with Crippen molar-refractivity contribution in [1.82, 2.24) is 5.16 Å². The molecular weight excluding hydrogens is 338 g/mol. The molecule has 1 aromatic carbocycles. The molecule has 16 heavy (non-hydrogen) atoms. The summed E-state index contributed by atoms with van der Waals surface area (Å²) in [4.78, 5) is 0. The van der Waals surface area contributed by atoms with E-state index in [2.05, 4.69) is 37.0 Å². The first-order valence-electron chi connectivity index (χ1n) is 4.68. The Labute approximate surface area is 110 Å². The minimum Gasteiger partial charge on any atom is -0.385 e. The highest BCUT2D eigenvalue weighted by molar-refractivity contribution is 9.13. The molecule has 0 aliphatic rings. The van der Waals surface area contributed by atoms with E-state index in [0.717, 1.165) is 14.5 Å². The van der Waals surface area contributed by atoms with Gasteiger partial charge in [0.2, 0.25) is 0 Å². The molecule has 0 bridgehead atoms. The van der Waals surface area contributed by atoms with Crippen molar-refractivity contribution in [3.8, 4) is 11.3 Å². The average Bonchev–Trinajstić information content (AvgIpc) is 2.71. The highest BCUT2D eigenvalue weighted by Crippen LogP contribution is 2.29. The topological polar surface area (TPSA) is 46.3 Å². The second kappa shape index (κ2) is 4.69. The third-order valence-corrected chi connectivity index (χ3v) is 4.04. The summed E-state index contributed by atoms with van der Waals surface area (Å²) in [5.74, 6) is 0.467. The van der Waals surface area contributed by atoms with Gasteiger partial charge in [0.05, 0.1) is 0 Å². The summed E-state index contributed by atoms with van der Waals surface area (Å²) in [6, 6.07) is 7.53. The van der Waals surface area contributed by atoms with E-state index >= 15 is 0 Å². The second-order valence-corrected chi connectivity index (χ2v) is 5.13. The van der Waals surface area contributed by atoms with E-state index in [1.54, 1.807) is 13.0 Å². The maximum atomic E-state index is 9.33. The summed E-state index contributed by atoms with van der Waals surface area (Å²) in [5, 5.41) is 13.2. The predicted molar refractivity (Wildman–Crippen MR) is 68.0 cm³/mol. The van der Waals surface area contributed by atoms with Crippen LogP contribution < -0.4 is 0 Å². The number of benzene rings is 1. The monoisotopic (exact) mass is 345 g/mol. The molecule has 0 aliphatic carbocycles. The van der Waals surface area contributed by atoms with Crippen molar-refractivity contribution in [1.29, 1.82) is 0 Å². The lowest BCUT2D eigenvalue weighted by Crippen LogP contribution is -1.85. The first kappa shape index (κ1) is 11.8. The van der Waals surface area contributed by atoms with Crippen LogP contribution in [0.15, 0.2) is 37.7 Å². The Balaban J connectivity index is 2.39. The van der Waals surface area contributed by atoms with Crippen LogP contribution in [0.3, 0.4) is 0 Å². The Morgan fingerprint density at radius 3 is 2.56 bits per heavy atom. The van der Waals surface area contributed by atoms with Crippen molar-refractivity contribution in [3.63, 3.8) is 0 Å². The van der Waals surface area contributed by atoms with Crippen LogP contribution in [0.5, 0.6) is 0 Å². The summed E-state index contributed by atoms with van der Waals surface area (Å²) >= 11 is 6.82. The van der Waals surface area contributed by atoms with Gasteiger partial charge in [0.15, 0.2) is 5.76 Å². The molecule has 0 saturated heterocycles. The molecule has 2 rings (SSSR count). The van der Waals surface area contributed by atoms with Gasteiger partial charge < -0.3 is 9.63 Å². The molecular formula is C11H9Br2NO2. The van der Waals surface area contributed by atoms with Crippen molar-refractivity contribution in [2.75, 3.05) is 0 Å².